The highest BCUT2D eigenvalue weighted by atomic mass is 16.1. The van der Waals surface area contributed by atoms with Crippen LogP contribution in [-0.2, 0) is 11.3 Å². The fraction of sp³-hybridized carbons (Fsp3) is 0.562. The number of carbonyl (C=O) groups excluding carboxylic acids is 1. The van der Waals surface area contributed by atoms with E-state index in [1.54, 1.807) is 0 Å². The number of nitrogens with two attached hydrogens (primary N) is 1. The number of likely N-dealkylation sites (tertiary alicyclic amines) is 1. The summed E-state index contributed by atoms with van der Waals surface area (Å²) in [6.45, 7) is 7.00. The molecule has 1 aliphatic rings. The van der Waals surface area contributed by atoms with Gasteiger partial charge in [0, 0.05) is 37.8 Å². The molecule has 2 rings (SSSR count). The standard InChI is InChI=1S/C16H25N3O/c1-12-9-13(2)19(11-12)8-7-16(20)18-15-5-3-14(10-17)4-6-15/h3-6,12-13H,7-11,17H2,1-2H3,(H,18,20). The number of hydrogen-bond donors (Lipinski definition) is 2. The zero-order chi connectivity index (χ0) is 14.5. The van der Waals surface area contributed by atoms with E-state index in [0.717, 1.165) is 30.3 Å². The van der Waals surface area contributed by atoms with Crippen molar-refractivity contribution in [3.05, 3.63) is 29.8 Å². The van der Waals surface area contributed by atoms with Crippen molar-refractivity contribution >= 4 is 11.6 Å². The van der Waals surface area contributed by atoms with E-state index in [1.165, 1.54) is 6.42 Å². The lowest BCUT2D eigenvalue weighted by Gasteiger charge is -2.20. The number of hydrogen-bond acceptors (Lipinski definition) is 3. The number of amides is 1. The third-order valence-electron chi connectivity index (χ3n) is 4.01. The molecule has 0 radical (unpaired) electrons. The molecule has 0 spiro atoms. The van der Waals surface area contributed by atoms with Gasteiger partial charge < -0.3 is 11.1 Å². The Kier molecular flexibility index (Phi) is 5.15. The minimum Gasteiger partial charge on any atom is -0.326 e. The monoisotopic (exact) mass is 275 g/mol. The van der Waals surface area contributed by atoms with Crippen LogP contribution in [0.25, 0.3) is 0 Å². The van der Waals surface area contributed by atoms with E-state index in [-0.39, 0.29) is 5.91 Å². The van der Waals surface area contributed by atoms with Crippen LogP contribution in [0.2, 0.25) is 0 Å². The van der Waals surface area contributed by atoms with Gasteiger partial charge in [-0.2, -0.15) is 0 Å². The first kappa shape index (κ1) is 15.0. The second-order valence-corrected chi connectivity index (χ2v) is 5.88. The molecule has 0 saturated carbocycles. The molecule has 1 aliphatic heterocycles. The quantitative estimate of drug-likeness (QED) is 0.866. The molecule has 0 aromatic heterocycles. The molecule has 2 atom stereocenters. The average molecular weight is 275 g/mol. The minimum absolute atomic E-state index is 0.0808. The van der Waals surface area contributed by atoms with Crippen LogP contribution in [0.15, 0.2) is 24.3 Å². The highest BCUT2D eigenvalue weighted by Gasteiger charge is 2.25. The second kappa shape index (κ2) is 6.86. The minimum atomic E-state index is 0.0808. The van der Waals surface area contributed by atoms with Crippen LogP contribution in [0, 0.1) is 5.92 Å². The van der Waals surface area contributed by atoms with Crippen LogP contribution >= 0.6 is 0 Å². The topological polar surface area (TPSA) is 58.4 Å². The summed E-state index contributed by atoms with van der Waals surface area (Å²) in [4.78, 5) is 14.4. The number of rotatable bonds is 5. The third-order valence-corrected chi connectivity index (χ3v) is 4.01. The second-order valence-electron chi connectivity index (χ2n) is 5.88. The molecule has 20 heavy (non-hydrogen) atoms. The lowest BCUT2D eigenvalue weighted by atomic mass is 10.1. The molecule has 0 aliphatic carbocycles. The molecule has 1 saturated heterocycles. The van der Waals surface area contributed by atoms with Crippen molar-refractivity contribution < 1.29 is 4.79 Å². The van der Waals surface area contributed by atoms with Crippen molar-refractivity contribution in [3.8, 4) is 0 Å². The van der Waals surface area contributed by atoms with E-state index in [2.05, 4.69) is 24.1 Å². The predicted octanol–water partition coefficient (Wildman–Crippen LogP) is 2.20. The summed E-state index contributed by atoms with van der Waals surface area (Å²) in [6.07, 6.45) is 1.79. The molecule has 1 aromatic rings. The van der Waals surface area contributed by atoms with Crippen LogP contribution in [0.3, 0.4) is 0 Å². The maximum Gasteiger partial charge on any atom is 0.225 e. The number of nitrogens with one attached hydrogen (secondary N) is 1. The van der Waals surface area contributed by atoms with E-state index in [9.17, 15) is 4.79 Å². The van der Waals surface area contributed by atoms with Gasteiger partial charge in [-0.05, 0) is 37.0 Å². The molecule has 4 heteroatoms. The van der Waals surface area contributed by atoms with Gasteiger partial charge in [0.2, 0.25) is 5.91 Å². The summed E-state index contributed by atoms with van der Waals surface area (Å²) in [7, 11) is 0. The Hall–Kier alpha value is -1.39. The normalized spacial score (nSPS) is 22.9. The number of nitrogens with zero attached hydrogens (tertiary/aromatic N) is 1. The molecule has 1 fully saturated rings. The number of benzene rings is 1. The average Bonchev–Trinajstić information content (AvgIpc) is 2.75. The summed E-state index contributed by atoms with van der Waals surface area (Å²) >= 11 is 0. The number of anilines is 1. The van der Waals surface area contributed by atoms with E-state index in [4.69, 9.17) is 5.73 Å². The molecular weight excluding hydrogens is 250 g/mol. The van der Waals surface area contributed by atoms with Gasteiger partial charge in [0.1, 0.15) is 0 Å². The van der Waals surface area contributed by atoms with E-state index >= 15 is 0 Å². The third kappa shape index (κ3) is 4.05. The van der Waals surface area contributed by atoms with Gasteiger partial charge in [0.05, 0.1) is 0 Å². The van der Waals surface area contributed by atoms with Gasteiger partial charge in [-0.25, -0.2) is 0 Å². The van der Waals surface area contributed by atoms with E-state index < -0.39 is 0 Å². The van der Waals surface area contributed by atoms with Crippen molar-refractivity contribution in [2.75, 3.05) is 18.4 Å². The Morgan fingerprint density at radius 2 is 2.05 bits per heavy atom. The fourth-order valence-corrected chi connectivity index (χ4v) is 2.89. The van der Waals surface area contributed by atoms with Crippen LogP contribution in [0.4, 0.5) is 5.69 Å². The van der Waals surface area contributed by atoms with Crippen LogP contribution in [0.1, 0.15) is 32.3 Å². The summed E-state index contributed by atoms with van der Waals surface area (Å²) < 4.78 is 0. The first-order chi connectivity index (χ1) is 9.58. The molecule has 110 valence electrons. The summed E-state index contributed by atoms with van der Waals surface area (Å²) in [5.74, 6) is 0.828. The van der Waals surface area contributed by atoms with Gasteiger partial charge >= 0.3 is 0 Å². The van der Waals surface area contributed by atoms with Crippen LogP contribution < -0.4 is 11.1 Å². The highest BCUT2D eigenvalue weighted by Crippen LogP contribution is 2.22. The molecule has 1 amide bonds. The van der Waals surface area contributed by atoms with Crippen molar-refractivity contribution in [1.29, 1.82) is 0 Å². The largest absolute Gasteiger partial charge is 0.326 e. The Morgan fingerprint density at radius 3 is 2.60 bits per heavy atom. The zero-order valence-corrected chi connectivity index (χ0v) is 12.4. The molecule has 1 heterocycles. The van der Waals surface area contributed by atoms with Crippen molar-refractivity contribution in [3.63, 3.8) is 0 Å². The Bertz CT molecular complexity index is 444. The Morgan fingerprint density at radius 1 is 1.35 bits per heavy atom. The van der Waals surface area contributed by atoms with Gasteiger partial charge in [-0.3, -0.25) is 9.69 Å². The maximum absolute atomic E-state index is 11.9. The summed E-state index contributed by atoms with van der Waals surface area (Å²) in [5, 5.41) is 2.94. The van der Waals surface area contributed by atoms with Crippen molar-refractivity contribution in [1.82, 2.24) is 4.90 Å². The lowest BCUT2D eigenvalue weighted by Crippen LogP contribution is -2.30. The molecule has 1 aromatic carbocycles. The molecule has 3 N–H and O–H groups in total. The van der Waals surface area contributed by atoms with Gasteiger partial charge in [-0.15, -0.1) is 0 Å². The SMILES string of the molecule is CC1CC(C)N(CCC(=O)Nc2ccc(CN)cc2)C1. The molecule has 0 bridgehead atoms. The summed E-state index contributed by atoms with van der Waals surface area (Å²) in [6, 6.07) is 8.29. The maximum atomic E-state index is 11.9. The summed E-state index contributed by atoms with van der Waals surface area (Å²) in [5.41, 5.74) is 7.46. The predicted molar refractivity (Wildman–Crippen MR) is 82.4 cm³/mol. The fourth-order valence-electron chi connectivity index (χ4n) is 2.89. The number of carbonyl (C=O) groups is 1. The van der Waals surface area contributed by atoms with E-state index in [0.29, 0.717) is 19.0 Å². The molecule has 4 nitrogen and oxygen atoms in total. The van der Waals surface area contributed by atoms with Crippen molar-refractivity contribution in [2.24, 2.45) is 11.7 Å². The van der Waals surface area contributed by atoms with Gasteiger partial charge in [0.15, 0.2) is 0 Å². The van der Waals surface area contributed by atoms with Crippen LogP contribution in [-0.4, -0.2) is 29.9 Å². The Labute approximate surface area is 121 Å². The van der Waals surface area contributed by atoms with Crippen molar-refractivity contribution in [2.45, 2.75) is 39.3 Å². The highest BCUT2D eigenvalue weighted by molar-refractivity contribution is 5.90. The smallest absolute Gasteiger partial charge is 0.225 e. The zero-order valence-electron chi connectivity index (χ0n) is 12.4. The Balaban J connectivity index is 1.77. The van der Waals surface area contributed by atoms with Gasteiger partial charge in [0.25, 0.3) is 0 Å². The van der Waals surface area contributed by atoms with Gasteiger partial charge in [-0.1, -0.05) is 19.1 Å². The van der Waals surface area contributed by atoms with E-state index in [1.807, 2.05) is 24.3 Å². The molecular formula is C16H25N3O. The molecule has 2 unspecified atom stereocenters. The first-order valence-corrected chi connectivity index (χ1v) is 7.41. The first-order valence-electron chi connectivity index (χ1n) is 7.41. The van der Waals surface area contributed by atoms with Crippen LogP contribution in [0.5, 0.6) is 0 Å². The lowest BCUT2D eigenvalue weighted by molar-refractivity contribution is -0.116.